The molecule has 3 rings (SSSR count). The number of unbranched alkanes of at least 4 members (excludes halogenated alkanes) is 4. The fourth-order valence-corrected chi connectivity index (χ4v) is 5.47. The number of nitrogens with one attached hydrogen (secondary N) is 3. The molecule has 0 radical (unpaired) electrons. The lowest BCUT2D eigenvalue weighted by atomic mass is 9.84. The largest absolute Gasteiger partial charge is 0.505 e. The van der Waals surface area contributed by atoms with Crippen LogP contribution in [0.4, 0.5) is 14.4 Å². The molecule has 5 N–H and O–H groups in total. The van der Waals surface area contributed by atoms with Crippen molar-refractivity contribution < 1.29 is 43.6 Å². The summed E-state index contributed by atoms with van der Waals surface area (Å²) in [7, 11) is 0. The first kappa shape index (κ1) is 43.3. The number of nitrogens with zero attached hydrogens (tertiary/aromatic N) is 4. The number of aliphatic hydroxyl groups excluding tert-OH is 1. The minimum absolute atomic E-state index is 0.0285. The first-order valence-electron chi connectivity index (χ1n) is 18.7. The molecule has 0 spiro atoms. The number of hydrogen-bond acceptors (Lipinski definition) is 11. The number of aliphatic hydroxyl groups is 1. The lowest BCUT2D eigenvalue weighted by Gasteiger charge is -2.24. The Morgan fingerprint density at radius 1 is 0.778 bits per heavy atom. The highest BCUT2D eigenvalue weighted by Crippen LogP contribution is 2.36. The van der Waals surface area contributed by atoms with Crippen LogP contribution in [0.5, 0.6) is 5.75 Å². The van der Waals surface area contributed by atoms with Gasteiger partial charge in [0.05, 0.1) is 26.4 Å². The van der Waals surface area contributed by atoms with Gasteiger partial charge in [-0.3, -0.25) is 4.79 Å². The van der Waals surface area contributed by atoms with Crippen LogP contribution in [0.2, 0.25) is 0 Å². The summed E-state index contributed by atoms with van der Waals surface area (Å²) in [6, 6.07) is 11.1. The zero-order valence-electron chi connectivity index (χ0n) is 32.0. The van der Waals surface area contributed by atoms with Gasteiger partial charge in [0.1, 0.15) is 29.1 Å². The SMILES string of the molecule is CCNC(=O)OCCCCOC(=O)NCCCCCCNC(=O)OCCN(CCO)C(=O)CCc1cc(-n2nc3ccccc3n2)c(O)c(C(C)(C)C)c1. The highest BCUT2D eigenvalue weighted by Gasteiger charge is 2.24. The fraction of sp³-hybridized carbons (Fsp3) is 0.579. The number of ether oxygens (including phenoxy) is 3. The molecule has 1 heterocycles. The quantitative estimate of drug-likeness (QED) is 0.0701. The summed E-state index contributed by atoms with van der Waals surface area (Å²) < 4.78 is 15.3. The standard InChI is InChI=1S/C38H57N7O9/c1-5-39-35(49)52-23-12-13-24-53-36(50)40-18-10-6-7-11-19-41-37(51)54-25-21-44(20-22-46)33(47)17-16-28-26-29(38(2,3)4)34(48)32(27-28)45-42-30-14-8-9-15-31(30)43-45/h8-9,14-15,26-27,46,48H,5-7,10-13,16-25H2,1-4H3,(H,39,49)(H,40,50)(H,41,51). The van der Waals surface area contributed by atoms with Crippen molar-refractivity contribution in [1.29, 1.82) is 0 Å². The van der Waals surface area contributed by atoms with E-state index >= 15 is 0 Å². The predicted molar refractivity (Wildman–Crippen MR) is 203 cm³/mol. The minimum atomic E-state index is -0.585. The zero-order valence-corrected chi connectivity index (χ0v) is 32.0. The van der Waals surface area contributed by atoms with Crippen LogP contribution in [0.15, 0.2) is 36.4 Å². The first-order valence-corrected chi connectivity index (χ1v) is 18.7. The molecule has 4 amide bonds. The van der Waals surface area contributed by atoms with Crippen molar-refractivity contribution in [3.05, 3.63) is 47.5 Å². The highest BCUT2D eigenvalue weighted by atomic mass is 16.6. The molecule has 0 atom stereocenters. The van der Waals surface area contributed by atoms with Gasteiger partial charge in [0.2, 0.25) is 5.91 Å². The maximum Gasteiger partial charge on any atom is 0.407 e. The number of phenolic OH excluding ortho intramolecular Hbond substituents is 1. The van der Waals surface area contributed by atoms with Crippen LogP contribution >= 0.6 is 0 Å². The number of alkyl carbamates (subject to hydrolysis) is 3. The number of aromatic hydroxyl groups is 1. The Bertz CT molecular complexity index is 1610. The molecule has 54 heavy (non-hydrogen) atoms. The molecule has 0 saturated heterocycles. The lowest BCUT2D eigenvalue weighted by molar-refractivity contribution is -0.132. The Kier molecular flexibility index (Phi) is 18.3. The van der Waals surface area contributed by atoms with Crippen LogP contribution in [-0.4, -0.2) is 113 Å². The van der Waals surface area contributed by atoms with Crippen molar-refractivity contribution in [2.45, 2.75) is 84.5 Å². The van der Waals surface area contributed by atoms with E-state index in [-0.39, 0.29) is 57.6 Å². The molecule has 0 aliphatic carbocycles. The van der Waals surface area contributed by atoms with E-state index in [1.54, 1.807) is 13.0 Å². The maximum atomic E-state index is 13.2. The minimum Gasteiger partial charge on any atom is -0.505 e. The normalized spacial score (nSPS) is 11.2. The summed E-state index contributed by atoms with van der Waals surface area (Å²) in [5.41, 5.74) is 2.95. The number of aromatic nitrogens is 3. The highest BCUT2D eigenvalue weighted by molar-refractivity contribution is 5.77. The van der Waals surface area contributed by atoms with Crippen LogP contribution in [0.1, 0.15) is 83.8 Å². The number of aryl methyl sites for hydroxylation is 1. The van der Waals surface area contributed by atoms with Crippen molar-refractivity contribution in [2.24, 2.45) is 0 Å². The van der Waals surface area contributed by atoms with Crippen molar-refractivity contribution in [3.63, 3.8) is 0 Å². The van der Waals surface area contributed by atoms with Gasteiger partial charge in [0.15, 0.2) is 0 Å². The molecule has 0 saturated carbocycles. The Balaban J connectivity index is 1.32. The van der Waals surface area contributed by atoms with Crippen molar-refractivity contribution in [3.8, 4) is 11.4 Å². The van der Waals surface area contributed by atoms with Crippen LogP contribution in [0.3, 0.4) is 0 Å². The lowest BCUT2D eigenvalue weighted by Crippen LogP contribution is -2.37. The van der Waals surface area contributed by atoms with Crippen molar-refractivity contribution >= 4 is 35.2 Å². The molecule has 0 aliphatic heterocycles. The summed E-state index contributed by atoms with van der Waals surface area (Å²) in [6.07, 6.45) is 3.37. The van der Waals surface area contributed by atoms with E-state index in [0.717, 1.165) is 31.2 Å². The molecule has 0 fully saturated rings. The molecule has 0 unspecified atom stereocenters. The number of carbonyl (C=O) groups excluding carboxylic acids is 4. The van der Waals surface area contributed by atoms with Gasteiger partial charge in [-0.1, -0.05) is 51.8 Å². The van der Waals surface area contributed by atoms with E-state index in [0.29, 0.717) is 61.2 Å². The van der Waals surface area contributed by atoms with Crippen LogP contribution in [0.25, 0.3) is 16.7 Å². The number of hydrogen-bond donors (Lipinski definition) is 5. The molecule has 1 aromatic heterocycles. The Morgan fingerprint density at radius 3 is 1.87 bits per heavy atom. The topological polar surface area (TPSA) is 206 Å². The summed E-state index contributed by atoms with van der Waals surface area (Å²) >= 11 is 0. The fourth-order valence-electron chi connectivity index (χ4n) is 5.47. The first-order chi connectivity index (χ1) is 25.9. The Hall–Kier alpha value is -5.12. The third-order valence-electron chi connectivity index (χ3n) is 8.37. The second-order valence-electron chi connectivity index (χ2n) is 13.8. The molecule has 2 aromatic carbocycles. The summed E-state index contributed by atoms with van der Waals surface area (Å²) in [4.78, 5) is 51.3. The van der Waals surface area contributed by atoms with Crippen molar-refractivity contribution in [1.82, 2.24) is 35.8 Å². The smallest absolute Gasteiger partial charge is 0.407 e. The van der Waals surface area contributed by atoms with Gasteiger partial charge in [-0.15, -0.1) is 15.0 Å². The number of benzene rings is 2. The van der Waals surface area contributed by atoms with Gasteiger partial charge in [-0.2, -0.15) is 0 Å². The van der Waals surface area contributed by atoms with E-state index in [1.165, 1.54) is 9.70 Å². The van der Waals surface area contributed by atoms with E-state index in [9.17, 15) is 29.4 Å². The van der Waals surface area contributed by atoms with Gasteiger partial charge in [-0.05, 0) is 68.2 Å². The average molecular weight is 756 g/mol. The van der Waals surface area contributed by atoms with E-state index in [4.69, 9.17) is 14.2 Å². The third kappa shape index (κ3) is 15.1. The average Bonchev–Trinajstić information content (AvgIpc) is 3.57. The van der Waals surface area contributed by atoms with E-state index < -0.39 is 23.7 Å². The monoisotopic (exact) mass is 755 g/mol. The summed E-state index contributed by atoms with van der Waals surface area (Å²) in [6.45, 7) is 9.68. The van der Waals surface area contributed by atoms with Crippen LogP contribution in [0, 0.1) is 0 Å². The molecule has 0 aliphatic rings. The molecule has 3 aromatic rings. The van der Waals surface area contributed by atoms with E-state index in [2.05, 4.69) is 26.1 Å². The van der Waals surface area contributed by atoms with Gasteiger partial charge in [-0.25, -0.2) is 14.4 Å². The third-order valence-corrected chi connectivity index (χ3v) is 8.37. The summed E-state index contributed by atoms with van der Waals surface area (Å²) in [5.74, 6) is -0.125. The maximum absolute atomic E-state index is 13.2. The van der Waals surface area contributed by atoms with Gasteiger partial charge in [0.25, 0.3) is 0 Å². The molecule has 16 heteroatoms. The van der Waals surface area contributed by atoms with Crippen LogP contribution < -0.4 is 16.0 Å². The van der Waals surface area contributed by atoms with Gasteiger partial charge in [0, 0.05) is 38.2 Å². The van der Waals surface area contributed by atoms with Gasteiger partial charge >= 0.3 is 18.3 Å². The molecular formula is C38H57N7O9. The predicted octanol–water partition coefficient (Wildman–Crippen LogP) is 4.72. The van der Waals surface area contributed by atoms with Gasteiger partial charge < -0.3 is 45.3 Å². The molecular weight excluding hydrogens is 698 g/mol. The Morgan fingerprint density at radius 2 is 1.33 bits per heavy atom. The number of carbonyl (C=O) groups is 4. The van der Waals surface area contributed by atoms with E-state index in [1.807, 2.05) is 51.1 Å². The number of phenols is 1. The summed E-state index contributed by atoms with van der Waals surface area (Å²) in [5, 5.41) is 37.8. The van der Waals surface area contributed by atoms with Crippen LogP contribution in [-0.2, 0) is 30.8 Å². The Labute approximate surface area is 316 Å². The zero-order chi connectivity index (χ0) is 39.3. The number of fused-ring (bicyclic) bond motifs is 1. The molecule has 298 valence electrons. The molecule has 16 nitrogen and oxygen atoms in total. The number of rotatable bonds is 22. The second kappa shape index (κ2) is 22.8. The second-order valence-corrected chi connectivity index (χ2v) is 13.8. The van der Waals surface area contributed by atoms with Crippen molar-refractivity contribution in [2.75, 3.05) is 59.2 Å². The number of amides is 4. The molecule has 0 bridgehead atoms.